The number of hydrogen-bond donors (Lipinski definition) is 1. The summed E-state index contributed by atoms with van der Waals surface area (Å²) in [5.74, 6) is 1.46. The van der Waals surface area contributed by atoms with Gasteiger partial charge in [0, 0.05) is 43.0 Å². The molecule has 0 spiro atoms. The summed E-state index contributed by atoms with van der Waals surface area (Å²) in [5.41, 5.74) is 1.99. The van der Waals surface area contributed by atoms with Crippen LogP contribution in [0.3, 0.4) is 0 Å². The lowest BCUT2D eigenvalue weighted by Gasteiger charge is -2.07. The Bertz CT molecular complexity index is 781. The average molecular weight is 329 g/mol. The first-order valence-electron chi connectivity index (χ1n) is 7.31. The quantitative estimate of drug-likeness (QED) is 0.719. The van der Waals surface area contributed by atoms with Gasteiger partial charge < -0.3 is 19.0 Å². The molecule has 1 N–H and O–H groups in total. The number of pyridine rings is 1. The first-order chi connectivity index (χ1) is 11.7. The Morgan fingerprint density at radius 2 is 2.08 bits per heavy atom. The van der Waals surface area contributed by atoms with Crippen LogP contribution in [0.5, 0.6) is 5.88 Å². The van der Waals surface area contributed by atoms with Crippen LogP contribution in [0.25, 0.3) is 11.4 Å². The van der Waals surface area contributed by atoms with Gasteiger partial charge in [0.15, 0.2) is 0 Å². The fourth-order valence-electron chi connectivity index (χ4n) is 2.19. The van der Waals surface area contributed by atoms with Gasteiger partial charge in [-0.3, -0.25) is 4.79 Å². The number of methoxy groups -OCH3 is 1. The molecule has 3 heterocycles. The number of hydrogen-bond acceptors (Lipinski definition) is 5. The number of ether oxygens (including phenoxy) is 1. The summed E-state index contributed by atoms with van der Waals surface area (Å²) in [7, 11) is 1.61. The Labute approximate surface area is 139 Å². The molecule has 8 heteroatoms. The van der Waals surface area contributed by atoms with Crippen LogP contribution < -0.4 is 4.74 Å². The molecule has 0 bridgehead atoms. The van der Waals surface area contributed by atoms with Crippen LogP contribution in [0.15, 0.2) is 43.2 Å². The number of carbonyl (C=O) groups is 1. The SMILES string of the molecule is CCn1cnc(Cn2ccnc2-c2ccnc(OC)c2)c1.O=CO. The molecule has 126 valence electrons. The lowest BCUT2D eigenvalue weighted by Crippen LogP contribution is -2.02. The largest absolute Gasteiger partial charge is 0.483 e. The number of nitrogens with zero attached hydrogens (tertiary/aromatic N) is 5. The van der Waals surface area contributed by atoms with Crippen LogP contribution in [-0.4, -0.2) is 42.8 Å². The molecule has 0 fully saturated rings. The molecule has 0 atom stereocenters. The minimum absolute atomic E-state index is 0.250. The summed E-state index contributed by atoms with van der Waals surface area (Å²) in [5, 5.41) is 6.89. The smallest absolute Gasteiger partial charge is 0.290 e. The van der Waals surface area contributed by atoms with Crippen LogP contribution in [0.4, 0.5) is 0 Å². The Hall–Kier alpha value is -3.16. The molecule has 0 amide bonds. The predicted octanol–water partition coefficient (Wildman–Crippen LogP) is 1.92. The highest BCUT2D eigenvalue weighted by molar-refractivity contribution is 5.56. The minimum atomic E-state index is -0.250. The van der Waals surface area contributed by atoms with Crippen LogP contribution in [0.1, 0.15) is 12.6 Å². The van der Waals surface area contributed by atoms with Gasteiger partial charge >= 0.3 is 0 Å². The summed E-state index contributed by atoms with van der Waals surface area (Å²) in [4.78, 5) is 21.3. The summed E-state index contributed by atoms with van der Waals surface area (Å²) in [6, 6.07) is 3.80. The predicted molar refractivity (Wildman–Crippen MR) is 87.7 cm³/mol. The van der Waals surface area contributed by atoms with E-state index in [1.807, 2.05) is 24.7 Å². The van der Waals surface area contributed by atoms with E-state index in [0.717, 1.165) is 23.6 Å². The van der Waals surface area contributed by atoms with E-state index in [-0.39, 0.29) is 6.47 Å². The standard InChI is InChI=1S/C15H17N5O.CH2O2/c1-3-19-9-13(18-11-19)10-20-7-6-17-15(20)12-4-5-16-14(8-12)21-2;2-1-3/h4-9,11H,3,10H2,1-2H3;1H,(H,2,3). The average Bonchev–Trinajstić information content (AvgIpc) is 3.25. The van der Waals surface area contributed by atoms with Gasteiger partial charge in [0.2, 0.25) is 5.88 Å². The molecule has 0 aromatic carbocycles. The highest BCUT2D eigenvalue weighted by Crippen LogP contribution is 2.21. The van der Waals surface area contributed by atoms with Crippen molar-refractivity contribution in [3.8, 4) is 17.3 Å². The summed E-state index contributed by atoms with van der Waals surface area (Å²) < 4.78 is 9.29. The van der Waals surface area contributed by atoms with Gasteiger partial charge in [-0.2, -0.15) is 0 Å². The lowest BCUT2D eigenvalue weighted by molar-refractivity contribution is -0.122. The monoisotopic (exact) mass is 329 g/mol. The second kappa shape index (κ2) is 8.47. The first kappa shape index (κ1) is 17.2. The van der Waals surface area contributed by atoms with Crippen LogP contribution >= 0.6 is 0 Å². The maximum absolute atomic E-state index is 8.36. The van der Waals surface area contributed by atoms with Gasteiger partial charge in [0.1, 0.15) is 5.82 Å². The van der Waals surface area contributed by atoms with Crippen molar-refractivity contribution in [3.63, 3.8) is 0 Å². The van der Waals surface area contributed by atoms with Crippen molar-refractivity contribution in [1.29, 1.82) is 0 Å². The maximum atomic E-state index is 8.36. The molecular weight excluding hydrogens is 310 g/mol. The molecule has 8 nitrogen and oxygen atoms in total. The third-order valence-electron chi connectivity index (χ3n) is 3.30. The highest BCUT2D eigenvalue weighted by atomic mass is 16.5. The number of carboxylic acid groups (broad SMARTS) is 1. The zero-order chi connectivity index (χ0) is 17.4. The number of aryl methyl sites for hydroxylation is 1. The Kier molecular flexibility index (Phi) is 6.07. The van der Waals surface area contributed by atoms with Crippen LogP contribution in [0.2, 0.25) is 0 Å². The molecule has 24 heavy (non-hydrogen) atoms. The molecule has 0 unspecified atom stereocenters. The molecule has 3 rings (SSSR count). The van der Waals surface area contributed by atoms with Gasteiger partial charge in [-0.15, -0.1) is 0 Å². The fraction of sp³-hybridized carbons (Fsp3) is 0.250. The molecule has 0 radical (unpaired) electrons. The van der Waals surface area contributed by atoms with Crippen molar-refractivity contribution >= 4 is 6.47 Å². The van der Waals surface area contributed by atoms with Crippen LogP contribution in [-0.2, 0) is 17.9 Å². The van der Waals surface area contributed by atoms with Gasteiger partial charge in [0.25, 0.3) is 6.47 Å². The number of aromatic nitrogens is 5. The van der Waals surface area contributed by atoms with E-state index in [9.17, 15) is 0 Å². The van der Waals surface area contributed by atoms with Crippen molar-refractivity contribution in [2.75, 3.05) is 7.11 Å². The second-order valence-corrected chi connectivity index (χ2v) is 4.77. The molecule has 0 aliphatic carbocycles. The number of rotatable bonds is 5. The number of imidazole rings is 2. The van der Waals surface area contributed by atoms with E-state index in [4.69, 9.17) is 14.6 Å². The minimum Gasteiger partial charge on any atom is -0.483 e. The first-order valence-corrected chi connectivity index (χ1v) is 7.31. The molecule has 3 aromatic heterocycles. The topological polar surface area (TPSA) is 95.1 Å². The van der Waals surface area contributed by atoms with Crippen LogP contribution in [0, 0.1) is 0 Å². The Balaban J connectivity index is 0.000000647. The summed E-state index contributed by atoms with van der Waals surface area (Å²) >= 11 is 0. The Morgan fingerprint density at radius 1 is 1.29 bits per heavy atom. The van der Waals surface area contributed by atoms with Gasteiger partial charge in [-0.25, -0.2) is 15.0 Å². The van der Waals surface area contributed by atoms with E-state index in [2.05, 4.69) is 37.2 Å². The zero-order valence-corrected chi connectivity index (χ0v) is 13.5. The third-order valence-corrected chi connectivity index (χ3v) is 3.30. The maximum Gasteiger partial charge on any atom is 0.290 e. The van der Waals surface area contributed by atoms with E-state index in [1.54, 1.807) is 19.5 Å². The van der Waals surface area contributed by atoms with E-state index < -0.39 is 0 Å². The van der Waals surface area contributed by atoms with Gasteiger partial charge in [0.05, 0.1) is 25.7 Å². The second-order valence-electron chi connectivity index (χ2n) is 4.77. The van der Waals surface area contributed by atoms with Crippen molar-refractivity contribution in [3.05, 3.63) is 48.9 Å². The fourth-order valence-corrected chi connectivity index (χ4v) is 2.19. The van der Waals surface area contributed by atoms with Gasteiger partial charge in [-0.1, -0.05) is 0 Å². The normalized spacial score (nSPS) is 9.92. The molecule has 0 aliphatic rings. The van der Waals surface area contributed by atoms with Gasteiger partial charge in [-0.05, 0) is 13.0 Å². The summed E-state index contributed by atoms with van der Waals surface area (Å²) in [6.07, 6.45) is 9.36. The van der Waals surface area contributed by atoms with Crippen molar-refractivity contribution in [2.45, 2.75) is 20.0 Å². The van der Waals surface area contributed by atoms with E-state index >= 15 is 0 Å². The molecule has 0 saturated heterocycles. The third kappa shape index (κ3) is 4.19. The van der Waals surface area contributed by atoms with E-state index in [1.165, 1.54) is 0 Å². The van der Waals surface area contributed by atoms with Crippen molar-refractivity contribution in [1.82, 2.24) is 24.1 Å². The molecule has 0 saturated carbocycles. The zero-order valence-electron chi connectivity index (χ0n) is 13.5. The summed E-state index contributed by atoms with van der Waals surface area (Å²) in [6.45, 7) is 3.45. The highest BCUT2D eigenvalue weighted by Gasteiger charge is 2.09. The van der Waals surface area contributed by atoms with Crippen molar-refractivity contribution in [2.24, 2.45) is 0 Å². The van der Waals surface area contributed by atoms with Crippen molar-refractivity contribution < 1.29 is 14.6 Å². The molecular formula is C16H19N5O3. The lowest BCUT2D eigenvalue weighted by atomic mass is 10.2. The Morgan fingerprint density at radius 3 is 2.75 bits per heavy atom. The molecule has 3 aromatic rings. The van der Waals surface area contributed by atoms with E-state index in [0.29, 0.717) is 12.4 Å². The molecule has 0 aliphatic heterocycles.